The first-order chi connectivity index (χ1) is 13.3. The minimum Gasteiger partial charge on any atom is -0.481 e. The Balaban J connectivity index is 1.71. The molecule has 1 N–H and O–H groups in total. The summed E-state index contributed by atoms with van der Waals surface area (Å²) in [6.45, 7) is 8.08. The maximum atomic E-state index is 10.9. The van der Waals surface area contributed by atoms with Gasteiger partial charge in [-0.15, -0.1) is 0 Å². The summed E-state index contributed by atoms with van der Waals surface area (Å²) in [5.41, 5.74) is 5.11. The van der Waals surface area contributed by atoms with Gasteiger partial charge < -0.3 is 14.7 Å². The van der Waals surface area contributed by atoms with E-state index in [0.29, 0.717) is 13.0 Å². The van der Waals surface area contributed by atoms with Gasteiger partial charge in [0.2, 0.25) is 0 Å². The van der Waals surface area contributed by atoms with Crippen LogP contribution in [0.25, 0.3) is 6.08 Å². The molecule has 0 saturated carbocycles. The lowest BCUT2D eigenvalue weighted by Gasteiger charge is -2.39. The van der Waals surface area contributed by atoms with Gasteiger partial charge in [0.1, 0.15) is 0 Å². The SMILES string of the molecule is Cc1ccc(C=CC23OCCN2c2ccc(CCC(=O)O)cc2C3(C)C)cc1. The van der Waals surface area contributed by atoms with E-state index in [1.165, 1.54) is 16.8 Å². The fourth-order valence-corrected chi connectivity index (χ4v) is 4.51. The summed E-state index contributed by atoms with van der Waals surface area (Å²) in [6, 6.07) is 14.8. The van der Waals surface area contributed by atoms with Crippen molar-refractivity contribution in [3.05, 3.63) is 70.8 Å². The lowest BCUT2D eigenvalue weighted by molar-refractivity contribution is -0.136. The first kappa shape index (κ1) is 18.8. The van der Waals surface area contributed by atoms with E-state index in [-0.39, 0.29) is 11.8 Å². The highest BCUT2D eigenvalue weighted by Gasteiger charge is 2.59. The molecule has 28 heavy (non-hydrogen) atoms. The number of benzene rings is 2. The first-order valence-electron chi connectivity index (χ1n) is 9.86. The van der Waals surface area contributed by atoms with Crippen molar-refractivity contribution in [3.8, 4) is 0 Å². The number of rotatable bonds is 5. The summed E-state index contributed by atoms with van der Waals surface area (Å²) in [4.78, 5) is 13.3. The fourth-order valence-electron chi connectivity index (χ4n) is 4.51. The van der Waals surface area contributed by atoms with Crippen LogP contribution in [0.5, 0.6) is 0 Å². The van der Waals surface area contributed by atoms with Crippen LogP contribution in [0.1, 0.15) is 42.5 Å². The minimum atomic E-state index is -0.763. The average Bonchev–Trinajstić information content (AvgIpc) is 3.17. The zero-order chi connectivity index (χ0) is 19.9. The van der Waals surface area contributed by atoms with Gasteiger partial charge in [0, 0.05) is 24.1 Å². The largest absolute Gasteiger partial charge is 0.481 e. The topological polar surface area (TPSA) is 49.8 Å². The van der Waals surface area contributed by atoms with E-state index in [9.17, 15) is 4.79 Å². The first-order valence-corrected chi connectivity index (χ1v) is 9.86. The standard InChI is InChI=1S/C24H27NO3/c1-17-4-6-18(7-5-17)12-13-24-23(2,3)20-16-19(9-11-22(26)27)8-10-21(20)25(24)14-15-28-24/h4-8,10,12-13,16H,9,11,14-15H2,1-3H3,(H,26,27). The molecule has 2 aliphatic rings. The van der Waals surface area contributed by atoms with Crippen molar-refractivity contribution in [1.29, 1.82) is 0 Å². The van der Waals surface area contributed by atoms with E-state index >= 15 is 0 Å². The molecule has 0 amide bonds. The van der Waals surface area contributed by atoms with E-state index in [4.69, 9.17) is 9.84 Å². The molecular weight excluding hydrogens is 350 g/mol. The molecule has 0 bridgehead atoms. The number of aryl methyl sites for hydroxylation is 2. The van der Waals surface area contributed by atoms with Gasteiger partial charge in [-0.1, -0.05) is 61.9 Å². The van der Waals surface area contributed by atoms with Crippen LogP contribution < -0.4 is 4.90 Å². The van der Waals surface area contributed by atoms with E-state index in [1.807, 2.05) is 0 Å². The zero-order valence-electron chi connectivity index (χ0n) is 16.7. The van der Waals surface area contributed by atoms with E-state index in [1.54, 1.807) is 0 Å². The summed E-state index contributed by atoms with van der Waals surface area (Å²) in [7, 11) is 0. The van der Waals surface area contributed by atoms with Crippen LogP contribution in [0.3, 0.4) is 0 Å². The number of carboxylic acid groups (broad SMARTS) is 1. The Morgan fingerprint density at radius 3 is 2.68 bits per heavy atom. The van der Waals surface area contributed by atoms with E-state index in [0.717, 1.165) is 17.7 Å². The summed E-state index contributed by atoms with van der Waals surface area (Å²) in [6.07, 6.45) is 5.04. The van der Waals surface area contributed by atoms with Crippen molar-refractivity contribution >= 4 is 17.7 Å². The number of carbonyl (C=O) groups is 1. The van der Waals surface area contributed by atoms with Crippen molar-refractivity contribution < 1.29 is 14.6 Å². The molecular formula is C24H27NO3. The monoisotopic (exact) mass is 377 g/mol. The van der Waals surface area contributed by atoms with Gasteiger partial charge in [-0.2, -0.15) is 0 Å². The number of aliphatic carboxylic acids is 1. The van der Waals surface area contributed by atoms with Crippen LogP contribution in [-0.4, -0.2) is 30.0 Å². The number of hydrogen-bond donors (Lipinski definition) is 1. The Morgan fingerprint density at radius 2 is 1.96 bits per heavy atom. The Hall–Kier alpha value is -2.59. The van der Waals surface area contributed by atoms with E-state index < -0.39 is 11.7 Å². The Morgan fingerprint density at radius 1 is 1.21 bits per heavy atom. The van der Waals surface area contributed by atoms with Gasteiger partial charge >= 0.3 is 5.97 Å². The quantitative estimate of drug-likeness (QED) is 0.830. The molecule has 146 valence electrons. The van der Waals surface area contributed by atoms with E-state index in [2.05, 4.69) is 80.3 Å². The van der Waals surface area contributed by atoms with Gasteiger partial charge in [0.25, 0.3) is 0 Å². The summed E-state index contributed by atoms with van der Waals surface area (Å²) in [5, 5.41) is 9.00. The number of nitrogens with zero attached hydrogens (tertiary/aromatic N) is 1. The van der Waals surface area contributed by atoms with Gasteiger partial charge in [-0.05, 0) is 42.2 Å². The number of fused-ring (bicyclic) bond motifs is 3. The number of carboxylic acids is 1. The molecule has 1 atom stereocenters. The van der Waals surface area contributed by atoms with Crippen LogP contribution >= 0.6 is 0 Å². The molecule has 1 saturated heterocycles. The molecule has 2 aliphatic heterocycles. The Kier molecular flexibility index (Phi) is 4.54. The summed E-state index contributed by atoms with van der Waals surface area (Å²) in [5.74, 6) is -0.763. The predicted molar refractivity (Wildman–Crippen MR) is 112 cm³/mol. The second-order valence-corrected chi connectivity index (χ2v) is 8.31. The molecule has 1 unspecified atom stereocenters. The third-order valence-corrected chi connectivity index (χ3v) is 6.17. The highest BCUT2D eigenvalue weighted by molar-refractivity contribution is 5.71. The smallest absolute Gasteiger partial charge is 0.303 e. The predicted octanol–water partition coefficient (Wildman–Crippen LogP) is 4.55. The molecule has 0 aromatic heterocycles. The summed E-state index contributed by atoms with van der Waals surface area (Å²) >= 11 is 0. The van der Waals surface area contributed by atoms with Crippen LogP contribution in [0.15, 0.2) is 48.5 Å². The number of ether oxygens (including phenoxy) is 1. The lowest BCUT2D eigenvalue weighted by atomic mass is 9.76. The van der Waals surface area contributed by atoms with Crippen molar-refractivity contribution in [1.82, 2.24) is 0 Å². The lowest BCUT2D eigenvalue weighted by Crippen LogP contribution is -2.51. The molecule has 2 aromatic rings. The molecule has 0 aliphatic carbocycles. The third kappa shape index (κ3) is 2.92. The van der Waals surface area contributed by atoms with Crippen molar-refractivity contribution in [3.63, 3.8) is 0 Å². The number of hydrogen-bond acceptors (Lipinski definition) is 3. The highest BCUT2D eigenvalue weighted by Crippen LogP contribution is 2.55. The molecule has 4 nitrogen and oxygen atoms in total. The van der Waals surface area contributed by atoms with Crippen LogP contribution in [-0.2, 0) is 21.4 Å². The second-order valence-electron chi connectivity index (χ2n) is 8.31. The van der Waals surface area contributed by atoms with Gasteiger partial charge in [0.05, 0.1) is 6.61 Å². The molecule has 1 fully saturated rings. The summed E-state index contributed by atoms with van der Waals surface area (Å²) < 4.78 is 6.39. The highest BCUT2D eigenvalue weighted by atomic mass is 16.5. The van der Waals surface area contributed by atoms with Crippen LogP contribution in [0.2, 0.25) is 0 Å². The number of anilines is 1. The molecule has 0 spiro atoms. The fraction of sp³-hybridized carbons (Fsp3) is 0.375. The van der Waals surface area contributed by atoms with Gasteiger partial charge in [-0.25, -0.2) is 0 Å². The average molecular weight is 377 g/mol. The molecule has 0 radical (unpaired) electrons. The molecule has 2 aromatic carbocycles. The van der Waals surface area contributed by atoms with Crippen molar-refractivity contribution in [2.24, 2.45) is 0 Å². The second kappa shape index (κ2) is 6.78. The van der Waals surface area contributed by atoms with Crippen molar-refractivity contribution in [2.45, 2.75) is 44.8 Å². The van der Waals surface area contributed by atoms with Crippen LogP contribution in [0, 0.1) is 6.92 Å². The maximum absolute atomic E-state index is 10.9. The molecule has 4 heteroatoms. The zero-order valence-corrected chi connectivity index (χ0v) is 16.7. The van der Waals surface area contributed by atoms with Gasteiger partial charge in [0.15, 0.2) is 5.72 Å². The normalized spacial score (nSPS) is 22.5. The maximum Gasteiger partial charge on any atom is 0.303 e. The van der Waals surface area contributed by atoms with Crippen molar-refractivity contribution in [2.75, 3.05) is 18.1 Å². The third-order valence-electron chi connectivity index (χ3n) is 6.17. The molecule has 4 rings (SSSR count). The Bertz CT molecular complexity index is 929. The van der Waals surface area contributed by atoms with Crippen LogP contribution in [0.4, 0.5) is 5.69 Å². The minimum absolute atomic E-state index is 0.151. The van der Waals surface area contributed by atoms with Gasteiger partial charge in [-0.3, -0.25) is 4.79 Å². The molecule has 2 heterocycles. The Labute approximate surface area is 166 Å².